The molecule has 2 heterocycles. The number of anilines is 1. The number of nitrogens with zero attached hydrogens (tertiary/aromatic N) is 3. The Morgan fingerprint density at radius 1 is 1.17 bits per heavy atom. The summed E-state index contributed by atoms with van der Waals surface area (Å²) in [5, 5.41) is 8.36. The number of benzene rings is 1. The molecule has 4 nitrogen and oxygen atoms in total. The van der Waals surface area contributed by atoms with E-state index in [1.165, 1.54) is 5.56 Å². The van der Waals surface area contributed by atoms with Gasteiger partial charge in [-0.1, -0.05) is 15.9 Å². The topological polar surface area (TPSA) is 56.2 Å². The fraction of sp³-hybridized carbons (Fsp3) is 0.0769. The Morgan fingerprint density at radius 3 is 2.78 bits per heavy atom. The van der Waals surface area contributed by atoms with Crippen LogP contribution in [0.4, 0.5) is 5.69 Å². The molecule has 90 valence electrons. The Kier molecular flexibility index (Phi) is 2.56. The second-order valence-corrected chi connectivity index (χ2v) is 5.15. The van der Waals surface area contributed by atoms with Crippen molar-refractivity contribution in [3.05, 3.63) is 46.6 Å². The zero-order valence-corrected chi connectivity index (χ0v) is 11.3. The van der Waals surface area contributed by atoms with E-state index >= 15 is 0 Å². The lowest BCUT2D eigenvalue weighted by Crippen LogP contribution is -1.93. The van der Waals surface area contributed by atoms with E-state index in [1.807, 2.05) is 35.7 Å². The van der Waals surface area contributed by atoms with E-state index in [1.54, 1.807) is 0 Å². The predicted octanol–water partition coefficient (Wildman–Crippen LogP) is 3.05. The average Bonchev–Trinajstić information content (AvgIpc) is 2.70. The van der Waals surface area contributed by atoms with Gasteiger partial charge < -0.3 is 5.73 Å². The van der Waals surface area contributed by atoms with Gasteiger partial charge in [-0.3, -0.25) is 4.40 Å². The minimum absolute atomic E-state index is 0.690. The number of pyridine rings is 1. The van der Waals surface area contributed by atoms with Crippen LogP contribution in [0.2, 0.25) is 0 Å². The Bertz CT molecular complexity index is 713. The number of aryl methyl sites for hydroxylation is 1. The van der Waals surface area contributed by atoms with E-state index in [0.29, 0.717) is 5.69 Å². The summed E-state index contributed by atoms with van der Waals surface area (Å²) in [6.45, 7) is 2.05. The molecule has 0 aliphatic rings. The van der Waals surface area contributed by atoms with Crippen molar-refractivity contribution < 1.29 is 0 Å². The molecule has 2 aromatic heterocycles. The van der Waals surface area contributed by atoms with Gasteiger partial charge in [0.25, 0.3) is 0 Å². The molecule has 0 radical (unpaired) electrons. The molecule has 0 aliphatic heterocycles. The standard InChI is InChI=1S/C13H11BrN4/c1-8-4-9(6-10(14)5-8)13-17-16-12-3-2-11(15)7-18(12)13/h2-7H,15H2,1H3. The number of hydrogen-bond donors (Lipinski definition) is 1. The molecule has 0 fully saturated rings. The predicted molar refractivity (Wildman–Crippen MR) is 75.3 cm³/mol. The molecule has 0 aliphatic carbocycles. The van der Waals surface area contributed by atoms with E-state index < -0.39 is 0 Å². The first-order chi connectivity index (χ1) is 8.63. The van der Waals surface area contributed by atoms with Crippen LogP contribution in [0.5, 0.6) is 0 Å². The van der Waals surface area contributed by atoms with E-state index in [0.717, 1.165) is 21.5 Å². The lowest BCUT2D eigenvalue weighted by atomic mass is 10.1. The van der Waals surface area contributed by atoms with Gasteiger partial charge in [0.1, 0.15) is 0 Å². The van der Waals surface area contributed by atoms with Crippen molar-refractivity contribution >= 4 is 27.3 Å². The monoisotopic (exact) mass is 302 g/mol. The summed E-state index contributed by atoms with van der Waals surface area (Å²) in [4.78, 5) is 0. The van der Waals surface area contributed by atoms with Gasteiger partial charge in [-0.25, -0.2) is 0 Å². The number of nitrogen functional groups attached to an aromatic ring is 1. The van der Waals surface area contributed by atoms with Crippen LogP contribution in [0, 0.1) is 6.92 Å². The first-order valence-corrected chi connectivity index (χ1v) is 6.30. The molecule has 1 aromatic carbocycles. The van der Waals surface area contributed by atoms with Crippen LogP contribution in [0.15, 0.2) is 41.0 Å². The summed E-state index contributed by atoms with van der Waals surface area (Å²) in [5.74, 6) is 0.793. The van der Waals surface area contributed by atoms with Crippen LogP contribution in [0.25, 0.3) is 17.0 Å². The largest absolute Gasteiger partial charge is 0.398 e. The lowest BCUT2D eigenvalue weighted by Gasteiger charge is -2.03. The summed E-state index contributed by atoms with van der Waals surface area (Å²) in [6.07, 6.45) is 1.83. The third-order valence-electron chi connectivity index (χ3n) is 2.73. The fourth-order valence-corrected chi connectivity index (χ4v) is 2.58. The van der Waals surface area contributed by atoms with Crippen LogP contribution >= 0.6 is 15.9 Å². The summed E-state index contributed by atoms with van der Waals surface area (Å²) >= 11 is 3.49. The molecule has 0 amide bonds. The third kappa shape index (κ3) is 1.86. The minimum atomic E-state index is 0.690. The Balaban J connectivity index is 2.27. The maximum Gasteiger partial charge on any atom is 0.168 e. The highest BCUT2D eigenvalue weighted by Crippen LogP contribution is 2.24. The van der Waals surface area contributed by atoms with Gasteiger partial charge in [0.05, 0.1) is 0 Å². The quantitative estimate of drug-likeness (QED) is 0.751. The molecule has 0 atom stereocenters. The number of fused-ring (bicyclic) bond motifs is 1. The zero-order valence-electron chi connectivity index (χ0n) is 9.76. The van der Waals surface area contributed by atoms with Crippen LogP contribution in [-0.4, -0.2) is 14.6 Å². The van der Waals surface area contributed by atoms with E-state index in [-0.39, 0.29) is 0 Å². The fourth-order valence-electron chi connectivity index (χ4n) is 1.97. The summed E-state index contributed by atoms with van der Waals surface area (Å²) in [7, 11) is 0. The SMILES string of the molecule is Cc1cc(Br)cc(-c2nnc3ccc(N)cn23)c1. The molecular formula is C13H11BrN4. The molecule has 3 rings (SSSR count). The smallest absolute Gasteiger partial charge is 0.168 e. The van der Waals surface area contributed by atoms with Crippen molar-refractivity contribution in [2.45, 2.75) is 6.92 Å². The number of rotatable bonds is 1. The Morgan fingerprint density at radius 2 is 2.00 bits per heavy atom. The van der Waals surface area contributed by atoms with Crippen molar-refractivity contribution in [1.82, 2.24) is 14.6 Å². The number of nitrogens with two attached hydrogens (primary N) is 1. The maximum absolute atomic E-state index is 5.80. The first-order valence-electron chi connectivity index (χ1n) is 5.51. The maximum atomic E-state index is 5.80. The van der Waals surface area contributed by atoms with E-state index in [4.69, 9.17) is 5.73 Å². The minimum Gasteiger partial charge on any atom is -0.398 e. The van der Waals surface area contributed by atoms with Gasteiger partial charge in [-0.15, -0.1) is 10.2 Å². The Labute approximate surface area is 113 Å². The van der Waals surface area contributed by atoms with Gasteiger partial charge in [0.15, 0.2) is 11.5 Å². The summed E-state index contributed by atoms with van der Waals surface area (Å²) in [5.41, 5.74) is 9.46. The van der Waals surface area contributed by atoms with Crippen molar-refractivity contribution in [1.29, 1.82) is 0 Å². The van der Waals surface area contributed by atoms with Crippen molar-refractivity contribution in [2.24, 2.45) is 0 Å². The molecule has 0 spiro atoms. The highest BCUT2D eigenvalue weighted by atomic mass is 79.9. The Hall–Kier alpha value is -1.88. The average molecular weight is 303 g/mol. The molecule has 3 aromatic rings. The molecule has 0 bridgehead atoms. The number of halogens is 1. The zero-order chi connectivity index (χ0) is 12.7. The highest BCUT2D eigenvalue weighted by Gasteiger charge is 2.09. The first kappa shape index (κ1) is 11.2. The molecular weight excluding hydrogens is 292 g/mol. The molecule has 5 heteroatoms. The summed E-state index contributed by atoms with van der Waals surface area (Å²) < 4.78 is 2.93. The van der Waals surface area contributed by atoms with E-state index in [2.05, 4.69) is 38.3 Å². The second-order valence-electron chi connectivity index (χ2n) is 4.23. The molecule has 2 N–H and O–H groups in total. The number of hydrogen-bond acceptors (Lipinski definition) is 3. The van der Waals surface area contributed by atoms with Crippen LogP contribution < -0.4 is 5.73 Å². The molecule has 0 unspecified atom stereocenters. The van der Waals surface area contributed by atoms with Gasteiger partial charge in [-0.2, -0.15) is 0 Å². The molecule has 0 saturated heterocycles. The lowest BCUT2D eigenvalue weighted by molar-refractivity contribution is 1.11. The molecule has 0 saturated carbocycles. The third-order valence-corrected chi connectivity index (χ3v) is 3.18. The van der Waals surface area contributed by atoms with Crippen LogP contribution in [-0.2, 0) is 0 Å². The van der Waals surface area contributed by atoms with Gasteiger partial charge in [-0.05, 0) is 42.8 Å². The number of aromatic nitrogens is 3. The van der Waals surface area contributed by atoms with Crippen LogP contribution in [0.1, 0.15) is 5.56 Å². The van der Waals surface area contributed by atoms with Crippen LogP contribution in [0.3, 0.4) is 0 Å². The van der Waals surface area contributed by atoms with Crippen molar-refractivity contribution in [3.63, 3.8) is 0 Å². The molecule has 18 heavy (non-hydrogen) atoms. The van der Waals surface area contributed by atoms with Crippen molar-refractivity contribution in [3.8, 4) is 11.4 Å². The normalized spacial score (nSPS) is 11.0. The van der Waals surface area contributed by atoms with E-state index in [9.17, 15) is 0 Å². The van der Waals surface area contributed by atoms with Gasteiger partial charge >= 0.3 is 0 Å². The second kappa shape index (κ2) is 4.10. The van der Waals surface area contributed by atoms with Gasteiger partial charge in [0, 0.05) is 21.9 Å². The highest BCUT2D eigenvalue weighted by molar-refractivity contribution is 9.10. The van der Waals surface area contributed by atoms with Gasteiger partial charge in [0.2, 0.25) is 0 Å². The summed E-state index contributed by atoms with van der Waals surface area (Å²) in [6, 6.07) is 9.83. The van der Waals surface area contributed by atoms with Crippen molar-refractivity contribution in [2.75, 3.05) is 5.73 Å².